The Morgan fingerprint density at radius 2 is 1.80 bits per heavy atom. The van der Waals surface area contributed by atoms with Gasteiger partial charge >= 0.3 is 0 Å². The van der Waals surface area contributed by atoms with Crippen molar-refractivity contribution in [3.8, 4) is 5.75 Å². The van der Waals surface area contributed by atoms with Crippen LogP contribution < -0.4 is 10.1 Å². The van der Waals surface area contributed by atoms with E-state index < -0.39 is 0 Å². The zero-order valence-electron chi connectivity index (χ0n) is 12.6. The predicted molar refractivity (Wildman–Crippen MR) is 82.0 cm³/mol. The lowest BCUT2D eigenvalue weighted by molar-refractivity contribution is 0.133. The van der Waals surface area contributed by atoms with Gasteiger partial charge in [0.25, 0.3) is 0 Å². The summed E-state index contributed by atoms with van der Waals surface area (Å²) in [5, 5.41) is 3.63. The largest absolute Gasteiger partial charge is 0.497 e. The zero-order chi connectivity index (χ0) is 13.9. The summed E-state index contributed by atoms with van der Waals surface area (Å²) in [4.78, 5) is 2.61. The molecule has 0 aliphatic carbocycles. The highest BCUT2D eigenvalue weighted by molar-refractivity contribution is 5.26. The van der Waals surface area contributed by atoms with E-state index in [0.717, 1.165) is 36.8 Å². The Balaban J connectivity index is 1.44. The van der Waals surface area contributed by atoms with E-state index in [0.29, 0.717) is 0 Å². The van der Waals surface area contributed by atoms with Gasteiger partial charge in [0.05, 0.1) is 7.11 Å². The van der Waals surface area contributed by atoms with Gasteiger partial charge in [-0.15, -0.1) is 0 Å². The Kier molecular flexibility index (Phi) is 4.27. The topological polar surface area (TPSA) is 24.5 Å². The molecule has 2 aliphatic heterocycles. The van der Waals surface area contributed by atoms with Gasteiger partial charge in [-0.25, -0.2) is 0 Å². The third-order valence-electron chi connectivity index (χ3n) is 5.12. The van der Waals surface area contributed by atoms with Crippen LogP contribution in [0.15, 0.2) is 24.3 Å². The van der Waals surface area contributed by atoms with Crippen LogP contribution in [-0.2, 0) is 6.54 Å². The summed E-state index contributed by atoms with van der Waals surface area (Å²) in [5.74, 6) is 1.79. The van der Waals surface area contributed by atoms with Gasteiger partial charge in [-0.1, -0.05) is 12.1 Å². The average molecular weight is 274 g/mol. The van der Waals surface area contributed by atoms with Gasteiger partial charge in [0.2, 0.25) is 0 Å². The predicted octanol–water partition coefficient (Wildman–Crippen LogP) is 2.66. The number of piperidine rings is 1. The van der Waals surface area contributed by atoms with Crippen LogP contribution in [0.5, 0.6) is 5.75 Å². The van der Waals surface area contributed by atoms with E-state index in [4.69, 9.17) is 4.74 Å². The highest BCUT2D eigenvalue weighted by Gasteiger charge is 2.37. The molecule has 1 aromatic carbocycles. The Morgan fingerprint density at radius 1 is 1.15 bits per heavy atom. The molecule has 0 aromatic heterocycles. The van der Waals surface area contributed by atoms with E-state index in [1.807, 2.05) is 12.1 Å². The maximum absolute atomic E-state index is 5.18. The van der Waals surface area contributed by atoms with Crippen LogP contribution in [0.2, 0.25) is 0 Å². The van der Waals surface area contributed by atoms with Gasteiger partial charge in [0, 0.05) is 18.6 Å². The fourth-order valence-corrected chi connectivity index (χ4v) is 3.85. The number of fused-ring (bicyclic) bond motifs is 2. The summed E-state index contributed by atoms with van der Waals surface area (Å²) in [6.07, 6.45) is 5.58. The van der Waals surface area contributed by atoms with Gasteiger partial charge in [0.1, 0.15) is 5.75 Å². The average Bonchev–Trinajstić information content (AvgIpc) is 2.70. The molecule has 2 unspecified atom stereocenters. The normalized spacial score (nSPS) is 29.6. The van der Waals surface area contributed by atoms with Crippen LogP contribution in [0, 0.1) is 5.92 Å². The molecule has 2 aliphatic rings. The number of ether oxygens (including phenoxy) is 1. The Bertz CT molecular complexity index is 417. The quantitative estimate of drug-likeness (QED) is 0.893. The molecule has 2 fully saturated rings. The fraction of sp³-hybridized carbons (Fsp3) is 0.647. The third-order valence-corrected chi connectivity index (χ3v) is 5.12. The molecule has 0 saturated carbocycles. The van der Waals surface area contributed by atoms with Crippen molar-refractivity contribution < 1.29 is 4.74 Å². The number of nitrogens with one attached hydrogen (secondary N) is 1. The van der Waals surface area contributed by atoms with Crippen molar-refractivity contribution in [3.63, 3.8) is 0 Å². The van der Waals surface area contributed by atoms with Crippen molar-refractivity contribution in [2.75, 3.05) is 20.7 Å². The van der Waals surface area contributed by atoms with Crippen molar-refractivity contribution >= 4 is 0 Å². The Hall–Kier alpha value is -1.06. The van der Waals surface area contributed by atoms with E-state index >= 15 is 0 Å². The summed E-state index contributed by atoms with van der Waals surface area (Å²) >= 11 is 0. The highest BCUT2D eigenvalue weighted by atomic mass is 16.5. The number of benzene rings is 1. The standard InChI is InChI=1S/C17H26N2O/c1-19-15-5-6-16(19)10-14(9-15)12-18-11-13-3-7-17(20-2)8-4-13/h3-4,7-8,14-16,18H,5-6,9-12H2,1-2H3. The van der Waals surface area contributed by atoms with Crippen LogP contribution in [-0.4, -0.2) is 37.7 Å². The number of hydrogen-bond acceptors (Lipinski definition) is 3. The van der Waals surface area contributed by atoms with Crippen molar-refractivity contribution in [2.24, 2.45) is 5.92 Å². The number of methoxy groups -OCH3 is 1. The molecule has 0 amide bonds. The second kappa shape index (κ2) is 6.15. The molecule has 1 N–H and O–H groups in total. The molecule has 3 rings (SSSR count). The second-order valence-electron chi connectivity index (χ2n) is 6.37. The maximum Gasteiger partial charge on any atom is 0.118 e. The van der Waals surface area contributed by atoms with Crippen molar-refractivity contribution in [1.29, 1.82) is 0 Å². The summed E-state index contributed by atoms with van der Waals surface area (Å²) in [6.45, 7) is 2.12. The first-order chi connectivity index (χ1) is 9.76. The molecule has 2 atom stereocenters. The molecule has 3 nitrogen and oxygen atoms in total. The first-order valence-electron chi connectivity index (χ1n) is 7.82. The Morgan fingerprint density at radius 3 is 2.40 bits per heavy atom. The lowest BCUT2D eigenvalue weighted by atomic mass is 9.91. The molecule has 20 heavy (non-hydrogen) atoms. The van der Waals surface area contributed by atoms with Crippen LogP contribution in [0.25, 0.3) is 0 Å². The molecule has 3 heteroatoms. The van der Waals surface area contributed by atoms with E-state index in [2.05, 4.69) is 29.4 Å². The van der Waals surface area contributed by atoms with Gasteiger partial charge < -0.3 is 15.0 Å². The molecular formula is C17H26N2O. The molecule has 2 bridgehead atoms. The number of nitrogens with zero attached hydrogens (tertiary/aromatic N) is 1. The SMILES string of the molecule is COc1ccc(CNCC2CC3CCC(C2)N3C)cc1. The van der Waals surface area contributed by atoms with Crippen LogP contribution in [0.3, 0.4) is 0 Å². The smallest absolute Gasteiger partial charge is 0.118 e. The van der Waals surface area contributed by atoms with Gasteiger partial charge in [-0.05, 0) is 62.9 Å². The third kappa shape index (κ3) is 2.99. The maximum atomic E-state index is 5.18. The van der Waals surface area contributed by atoms with Gasteiger partial charge in [-0.3, -0.25) is 0 Å². The summed E-state index contributed by atoms with van der Waals surface area (Å²) in [6, 6.07) is 10.1. The van der Waals surface area contributed by atoms with Crippen LogP contribution in [0.4, 0.5) is 0 Å². The molecule has 110 valence electrons. The number of rotatable bonds is 5. The highest BCUT2D eigenvalue weighted by Crippen LogP contribution is 2.36. The van der Waals surface area contributed by atoms with Crippen molar-refractivity contribution in [1.82, 2.24) is 10.2 Å². The van der Waals surface area contributed by atoms with E-state index in [1.54, 1.807) is 7.11 Å². The molecular weight excluding hydrogens is 248 g/mol. The molecule has 0 radical (unpaired) electrons. The molecule has 2 saturated heterocycles. The van der Waals surface area contributed by atoms with Crippen molar-refractivity contribution in [3.05, 3.63) is 29.8 Å². The Labute approximate surface area is 122 Å². The summed E-state index contributed by atoms with van der Waals surface area (Å²) in [7, 11) is 4.02. The lowest BCUT2D eigenvalue weighted by Gasteiger charge is -2.36. The first-order valence-corrected chi connectivity index (χ1v) is 7.82. The second-order valence-corrected chi connectivity index (χ2v) is 6.37. The van der Waals surface area contributed by atoms with E-state index in [-0.39, 0.29) is 0 Å². The van der Waals surface area contributed by atoms with Crippen LogP contribution >= 0.6 is 0 Å². The summed E-state index contributed by atoms with van der Waals surface area (Å²) in [5.41, 5.74) is 1.33. The molecule has 0 spiro atoms. The van der Waals surface area contributed by atoms with Crippen LogP contribution in [0.1, 0.15) is 31.2 Å². The first kappa shape index (κ1) is 13.9. The number of hydrogen-bond donors (Lipinski definition) is 1. The van der Waals surface area contributed by atoms with E-state index in [9.17, 15) is 0 Å². The minimum absolute atomic E-state index is 0.849. The lowest BCUT2D eigenvalue weighted by Crippen LogP contribution is -2.42. The monoisotopic (exact) mass is 274 g/mol. The van der Waals surface area contributed by atoms with E-state index in [1.165, 1.54) is 31.2 Å². The molecule has 1 aromatic rings. The zero-order valence-corrected chi connectivity index (χ0v) is 12.6. The minimum atomic E-state index is 0.849. The summed E-state index contributed by atoms with van der Waals surface area (Å²) < 4.78 is 5.18. The minimum Gasteiger partial charge on any atom is -0.497 e. The van der Waals surface area contributed by atoms with Gasteiger partial charge in [-0.2, -0.15) is 0 Å². The fourth-order valence-electron chi connectivity index (χ4n) is 3.85. The van der Waals surface area contributed by atoms with Crippen molar-refractivity contribution in [2.45, 2.75) is 44.3 Å². The molecule has 2 heterocycles. The van der Waals surface area contributed by atoms with Gasteiger partial charge in [0.15, 0.2) is 0 Å².